The topological polar surface area (TPSA) is 46.1 Å². The van der Waals surface area contributed by atoms with Crippen LogP contribution < -0.4 is 10.6 Å². The van der Waals surface area contributed by atoms with Gasteiger partial charge in [0.15, 0.2) is 0 Å². The van der Waals surface area contributed by atoms with Gasteiger partial charge in [0, 0.05) is 30.7 Å². The molecule has 2 N–H and O–H groups in total. The molecule has 2 heterocycles. The second-order valence-corrected chi connectivity index (χ2v) is 5.41. The van der Waals surface area contributed by atoms with E-state index in [-0.39, 0.29) is 5.91 Å². The molecule has 0 saturated carbocycles. The van der Waals surface area contributed by atoms with Gasteiger partial charge in [-0.1, -0.05) is 18.2 Å². The number of piperidine rings is 1. The maximum atomic E-state index is 12.0. The van der Waals surface area contributed by atoms with Crippen LogP contribution in [-0.4, -0.2) is 29.6 Å². The molecular formula is C16H21N3O. The minimum absolute atomic E-state index is 0.162. The quantitative estimate of drug-likeness (QED) is 0.892. The summed E-state index contributed by atoms with van der Waals surface area (Å²) in [6.45, 7) is 2.75. The number of aryl methyl sites for hydroxylation is 1. The summed E-state index contributed by atoms with van der Waals surface area (Å²) in [5, 5.41) is 7.67. The van der Waals surface area contributed by atoms with Gasteiger partial charge in [-0.15, -0.1) is 0 Å². The molecule has 106 valence electrons. The molecule has 1 amide bonds. The lowest BCUT2D eigenvalue weighted by Gasteiger charge is -2.23. The Morgan fingerprint density at radius 2 is 2.05 bits per heavy atom. The Morgan fingerprint density at radius 1 is 1.25 bits per heavy atom. The van der Waals surface area contributed by atoms with E-state index >= 15 is 0 Å². The molecule has 0 bridgehead atoms. The number of hydrogen-bond donors (Lipinski definition) is 2. The number of rotatable bonds is 4. The summed E-state index contributed by atoms with van der Waals surface area (Å²) in [5.41, 5.74) is 1.20. The number of carbonyl (C=O) groups excluding carboxylic acids is 1. The number of nitrogens with one attached hydrogen (secondary N) is 2. The number of para-hydroxylation sites is 1. The van der Waals surface area contributed by atoms with Crippen molar-refractivity contribution >= 4 is 16.8 Å². The molecule has 1 aliphatic rings. The van der Waals surface area contributed by atoms with E-state index in [0.717, 1.165) is 32.5 Å². The normalized spacial score (nSPS) is 16.4. The van der Waals surface area contributed by atoms with Crippen molar-refractivity contribution in [3.63, 3.8) is 0 Å². The van der Waals surface area contributed by atoms with Crippen molar-refractivity contribution in [2.75, 3.05) is 13.1 Å². The van der Waals surface area contributed by atoms with E-state index in [1.54, 1.807) is 0 Å². The monoisotopic (exact) mass is 271 g/mol. The summed E-state index contributed by atoms with van der Waals surface area (Å²) in [6, 6.07) is 10.7. The first-order valence-electron chi connectivity index (χ1n) is 7.37. The van der Waals surface area contributed by atoms with Crippen LogP contribution >= 0.6 is 0 Å². The van der Waals surface area contributed by atoms with Gasteiger partial charge in [-0.3, -0.25) is 4.79 Å². The van der Waals surface area contributed by atoms with Crippen LogP contribution in [0.5, 0.6) is 0 Å². The highest BCUT2D eigenvalue weighted by molar-refractivity contribution is 5.80. The molecule has 4 heteroatoms. The number of hydrogen-bond acceptors (Lipinski definition) is 2. The Hall–Kier alpha value is -1.81. The van der Waals surface area contributed by atoms with Crippen LogP contribution in [0.25, 0.3) is 10.9 Å². The number of fused-ring (bicyclic) bond motifs is 1. The molecule has 1 aromatic carbocycles. The lowest BCUT2D eigenvalue weighted by Crippen LogP contribution is -2.42. The predicted molar refractivity (Wildman–Crippen MR) is 80.6 cm³/mol. The predicted octanol–water partition coefficient (Wildman–Crippen LogP) is 1.90. The highest BCUT2D eigenvalue weighted by Crippen LogP contribution is 2.15. The van der Waals surface area contributed by atoms with Crippen LogP contribution in [0.1, 0.15) is 19.3 Å². The van der Waals surface area contributed by atoms with Crippen molar-refractivity contribution in [3.05, 3.63) is 36.5 Å². The van der Waals surface area contributed by atoms with E-state index in [1.807, 2.05) is 12.1 Å². The zero-order valence-corrected chi connectivity index (χ0v) is 11.6. The Balaban J connectivity index is 1.54. The van der Waals surface area contributed by atoms with Gasteiger partial charge in [0.1, 0.15) is 0 Å². The van der Waals surface area contributed by atoms with Crippen molar-refractivity contribution in [2.45, 2.75) is 31.8 Å². The van der Waals surface area contributed by atoms with Crippen LogP contribution in [0.2, 0.25) is 0 Å². The highest BCUT2D eigenvalue weighted by Gasteiger charge is 2.15. The van der Waals surface area contributed by atoms with Crippen molar-refractivity contribution in [3.8, 4) is 0 Å². The molecule has 20 heavy (non-hydrogen) atoms. The van der Waals surface area contributed by atoms with E-state index < -0.39 is 0 Å². The van der Waals surface area contributed by atoms with Crippen molar-refractivity contribution in [1.82, 2.24) is 15.2 Å². The molecule has 1 aliphatic heterocycles. The average Bonchev–Trinajstić information content (AvgIpc) is 2.89. The molecule has 2 aromatic rings. The van der Waals surface area contributed by atoms with Gasteiger partial charge in [-0.05, 0) is 43.5 Å². The maximum Gasteiger partial charge on any atom is 0.222 e. The van der Waals surface area contributed by atoms with Crippen LogP contribution in [0.15, 0.2) is 36.5 Å². The third kappa shape index (κ3) is 3.02. The van der Waals surface area contributed by atoms with Crippen LogP contribution in [0.4, 0.5) is 0 Å². The van der Waals surface area contributed by atoms with Crippen molar-refractivity contribution < 1.29 is 4.79 Å². The minimum atomic E-state index is 0.162. The van der Waals surface area contributed by atoms with Gasteiger partial charge >= 0.3 is 0 Å². The molecule has 0 aliphatic carbocycles. The van der Waals surface area contributed by atoms with Gasteiger partial charge in [-0.2, -0.15) is 0 Å². The third-order valence-corrected chi connectivity index (χ3v) is 3.96. The van der Waals surface area contributed by atoms with Crippen molar-refractivity contribution in [2.24, 2.45) is 0 Å². The SMILES string of the molecule is O=C(CCn1ccc2ccccc21)NC1CCNCC1. The Labute approximate surface area is 119 Å². The Bertz CT molecular complexity index is 584. The summed E-state index contributed by atoms with van der Waals surface area (Å²) >= 11 is 0. The fraction of sp³-hybridized carbons (Fsp3) is 0.438. The summed E-state index contributed by atoms with van der Waals surface area (Å²) in [6.07, 6.45) is 4.68. The molecule has 1 saturated heterocycles. The maximum absolute atomic E-state index is 12.0. The van der Waals surface area contributed by atoms with Gasteiger partial charge in [-0.25, -0.2) is 0 Å². The third-order valence-electron chi connectivity index (χ3n) is 3.96. The van der Waals surface area contributed by atoms with E-state index in [9.17, 15) is 4.79 Å². The minimum Gasteiger partial charge on any atom is -0.353 e. The second kappa shape index (κ2) is 6.09. The van der Waals surface area contributed by atoms with Crippen molar-refractivity contribution in [1.29, 1.82) is 0 Å². The molecule has 0 unspecified atom stereocenters. The number of benzene rings is 1. The Morgan fingerprint density at radius 3 is 2.90 bits per heavy atom. The molecule has 0 radical (unpaired) electrons. The van der Waals surface area contributed by atoms with Gasteiger partial charge in [0.2, 0.25) is 5.91 Å². The number of carbonyl (C=O) groups is 1. The fourth-order valence-electron chi connectivity index (χ4n) is 2.82. The summed E-state index contributed by atoms with van der Waals surface area (Å²) in [7, 11) is 0. The average molecular weight is 271 g/mol. The number of aromatic nitrogens is 1. The smallest absolute Gasteiger partial charge is 0.222 e. The van der Waals surface area contributed by atoms with Gasteiger partial charge in [0.25, 0.3) is 0 Å². The lowest BCUT2D eigenvalue weighted by atomic mass is 10.1. The first-order chi connectivity index (χ1) is 9.83. The summed E-state index contributed by atoms with van der Waals surface area (Å²) < 4.78 is 2.15. The molecule has 1 aromatic heterocycles. The molecule has 3 rings (SSSR count). The number of amides is 1. The second-order valence-electron chi connectivity index (χ2n) is 5.41. The van der Waals surface area contributed by atoms with E-state index in [2.05, 4.69) is 39.6 Å². The molecule has 0 spiro atoms. The molecular weight excluding hydrogens is 250 g/mol. The zero-order valence-electron chi connectivity index (χ0n) is 11.6. The first-order valence-corrected chi connectivity index (χ1v) is 7.37. The van der Waals surface area contributed by atoms with Gasteiger partial charge < -0.3 is 15.2 Å². The lowest BCUT2D eigenvalue weighted by molar-refractivity contribution is -0.122. The molecule has 1 fully saturated rings. The first kappa shape index (κ1) is 13.2. The zero-order chi connectivity index (χ0) is 13.8. The molecule has 0 atom stereocenters. The highest BCUT2D eigenvalue weighted by atomic mass is 16.1. The number of nitrogens with zero attached hydrogens (tertiary/aromatic N) is 1. The van der Waals surface area contributed by atoms with E-state index in [4.69, 9.17) is 0 Å². The van der Waals surface area contributed by atoms with Crippen LogP contribution in [-0.2, 0) is 11.3 Å². The van der Waals surface area contributed by atoms with E-state index in [0.29, 0.717) is 12.5 Å². The summed E-state index contributed by atoms with van der Waals surface area (Å²) in [4.78, 5) is 12.0. The van der Waals surface area contributed by atoms with Crippen LogP contribution in [0.3, 0.4) is 0 Å². The Kier molecular flexibility index (Phi) is 4.02. The van der Waals surface area contributed by atoms with Crippen LogP contribution in [0, 0.1) is 0 Å². The standard InChI is InChI=1S/C16H21N3O/c20-16(18-14-5-9-17-10-6-14)8-12-19-11-7-13-3-1-2-4-15(13)19/h1-4,7,11,14,17H,5-6,8-10,12H2,(H,18,20). The van der Waals surface area contributed by atoms with Gasteiger partial charge in [0.05, 0.1) is 0 Å². The fourth-order valence-corrected chi connectivity index (χ4v) is 2.82. The summed E-state index contributed by atoms with van der Waals surface area (Å²) in [5.74, 6) is 0.162. The van der Waals surface area contributed by atoms with E-state index in [1.165, 1.54) is 10.9 Å². The largest absolute Gasteiger partial charge is 0.353 e. The molecule has 4 nitrogen and oxygen atoms in total.